The average Bonchev–Trinajstić information content (AvgIpc) is 2.43. The third-order valence-corrected chi connectivity index (χ3v) is 5.45. The van der Waals surface area contributed by atoms with Crippen molar-refractivity contribution >= 4 is 34.4 Å². The molecule has 0 saturated carbocycles. The van der Waals surface area contributed by atoms with Crippen LogP contribution < -0.4 is 5.32 Å². The van der Waals surface area contributed by atoms with Crippen LogP contribution in [0.15, 0.2) is 24.3 Å². The van der Waals surface area contributed by atoms with E-state index in [4.69, 9.17) is 0 Å². The van der Waals surface area contributed by atoms with Gasteiger partial charge in [0, 0.05) is 20.6 Å². The van der Waals surface area contributed by atoms with Gasteiger partial charge in [-0.1, -0.05) is 32.9 Å². The third kappa shape index (κ3) is 7.57. The molecule has 1 N–H and O–H groups in total. The molecule has 1 aromatic rings. The monoisotopic (exact) mass is 391 g/mol. The normalized spacial score (nSPS) is 14.3. The van der Waals surface area contributed by atoms with Crippen LogP contribution in [0.3, 0.4) is 0 Å². The minimum absolute atomic E-state index is 0.596. The van der Waals surface area contributed by atoms with Crippen LogP contribution in [-0.4, -0.2) is 23.6 Å². The molecule has 2 unspecified atom stereocenters. The molecule has 0 saturated heterocycles. The Morgan fingerprint density at radius 1 is 1.21 bits per heavy atom. The summed E-state index contributed by atoms with van der Waals surface area (Å²) in [5.74, 6) is 1.21. The Kier molecular flexibility index (Phi) is 9.16. The molecule has 19 heavy (non-hydrogen) atoms. The van der Waals surface area contributed by atoms with Gasteiger partial charge >= 0.3 is 0 Å². The summed E-state index contributed by atoms with van der Waals surface area (Å²) in [6, 6.07) is 9.52. The van der Waals surface area contributed by atoms with E-state index in [2.05, 4.69) is 84.7 Å². The van der Waals surface area contributed by atoms with Crippen molar-refractivity contribution in [2.24, 2.45) is 0 Å². The Bertz CT molecular complexity index is 339. The van der Waals surface area contributed by atoms with E-state index in [1.54, 1.807) is 0 Å². The van der Waals surface area contributed by atoms with Gasteiger partial charge in [-0.25, -0.2) is 0 Å². The highest BCUT2D eigenvalue weighted by atomic mass is 127. The van der Waals surface area contributed by atoms with E-state index in [9.17, 15) is 0 Å². The molecule has 0 bridgehead atoms. The van der Waals surface area contributed by atoms with Crippen LogP contribution in [-0.2, 0) is 6.42 Å². The Morgan fingerprint density at radius 2 is 1.89 bits per heavy atom. The lowest BCUT2D eigenvalue weighted by atomic mass is 10.1. The lowest BCUT2D eigenvalue weighted by molar-refractivity contribution is 0.549. The van der Waals surface area contributed by atoms with Gasteiger partial charge in [0.05, 0.1) is 0 Å². The van der Waals surface area contributed by atoms with Gasteiger partial charge in [0.15, 0.2) is 0 Å². The minimum Gasteiger partial charge on any atom is -0.313 e. The van der Waals surface area contributed by atoms with Gasteiger partial charge in [-0.3, -0.25) is 0 Å². The number of hydrogen-bond donors (Lipinski definition) is 1. The van der Waals surface area contributed by atoms with Crippen LogP contribution in [0, 0.1) is 3.57 Å². The molecule has 1 aromatic carbocycles. The highest BCUT2D eigenvalue weighted by Gasteiger charge is 2.11. The van der Waals surface area contributed by atoms with Crippen molar-refractivity contribution in [3.05, 3.63) is 33.4 Å². The van der Waals surface area contributed by atoms with E-state index < -0.39 is 0 Å². The third-order valence-electron chi connectivity index (χ3n) is 3.24. The van der Waals surface area contributed by atoms with E-state index in [1.807, 2.05) is 0 Å². The highest BCUT2D eigenvalue weighted by Crippen LogP contribution is 2.17. The first-order chi connectivity index (χ1) is 9.15. The number of benzene rings is 1. The molecule has 0 aliphatic rings. The smallest absolute Gasteiger partial charge is 0.0198 e. The predicted molar refractivity (Wildman–Crippen MR) is 97.2 cm³/mol. The van der Waals surface area contributed by atoms with Gasteiger partial charge in [0.2, 0.25) is 0 Å². The van der Waals surface area contributed by atoms with Gasteiger partial charge in [0.1, 0.15) is 0 Å². The van der Waals surface area contributed by atoms with Gasteiger partial charge in [-0.15, -0.1) is 0 Å². The van der Waals surface area contributed by atoms with Gasteiger partial charge in [-0.2, -0.15) is 11.8 Å². The molecule has 0 heterocycles. The summed E-state index contributed by atoms with van der Waals surface area (Å²) in [7, 11) is 0. The van der Waals surface area contributed by atoms with Crippen molar-refractivity contribution < 1.29 is 0 Å². The molecular formula is C16H26INS. The second-order valence-corrected chi connectivity index (χ2v) is 7.75. The number of hydrogen-bond acceptors (Lipinski definition) is 2. The second kappa shape index (κ2) is 10.1. The molecular weight excluding hydrogens is 365 g/mol. The summed E-state index contributed by atoms with van der Waals surface area (Å²) in [5, 5.41) is 4.46. The van der Waals surface area contributed by atoms with Crippen molar-refractivity contribution in [1.82, 2.24) is 5.32 Å². The SMILES string of the molecule is CCCNC(CSC(C)CC)Cc1ccc(I)cc1. The number of rotatable bonds is 9. The molecule has 0 aliphatic carbocycles. The maximum absolute atomic E-state index is 3.69. The van der Waals surface area contributed by atoms with Gasteiger partial charge < -0.3 is 5.32 Å². The summed E-state index contributed by atoms with van der Waals surface area (Å²) in [5.41, 5.74) is 1.44. The maximum atomic E-state index is 3.69. The quantitative estimate of drug-likeness (QED) is 0.611. The zero-order valence-corrected chi connectivity index (χ0v) is 15.3. The number of thioether (sulfide) groups is 1. The summed E-state index contributed by atoms with van der Waals surface area (Å²) in [6.45, 7) is 7.95. The van der Waals surface area contributed by atoms with Gasteiger partial charge in [-0.05, 0) is 66.1 Å². The van der Waals surface area contributed by atoms with Gasteiger partial charge in [0.25, 0.3) is 0 Å². The molecule has 3 heteroatoms. The lowest BCUT2D eigenvalue weighted by Gasteiger charge is -2.20. The molecule has 108 valence electrons. The van der Waals surface area contributed by atoms with Crippen LogP contribution in [0.1, 0.15) is 39.2 Å². The Balaban J connectivity index is 2.50. The fraction of sp³-hybridized carbons (Fsp3) is 0.625. The van der Waals surface area contributed by atoms with Crippen LogP contribution in [0.25, 0.3) is 0 Å². The first-order valence-corrected chi connectivity index (χ1v) is 9.37. The molecule has 0 aromatic heterocycles. The lowest BCUT2D eigenvalue weighted by Crippen LogP contribution is -2.34. The van der Waals surface area contributed by atoms with E-state index in [0.29, 0.717) is 6.04 Å². The summed E-state index contributed by atoms with van der Waals surface area (Å²) in [6.07, 6.45) is 3.60. The number of nitrogens with one attached hydrogen (secondary N) is 1. The van der Waals surface area contributed by atoms with Crippen molar-refractivity contribution in [1.29, 1.82) is 0 Å². The van der Waals surface area contributed by atoms with Crippen molar-refractivity contribution in [3.8, 4) is 0 Å². The van der Waals surface area contributed by atoms with Crippen LogP contribution in [0.5, 0.6) is 0 Å². The summed E-state index contributed by atoms with van der Waals surface area (Å²) < 4.78 is 1.31. The molecule has 0 radical (unpaired) electrons. The minimum atomic E-state index is 0.596. The molecule has 0 spiro atoms. The van der Waals surface area contributed by atoms with Crippen LogP contribution in [0.4, 0.5) is 0 Å². The zero-order chi connectivity index (χ0) is 14.1. The van der Waals surface area contributed by atoms with Crippen molar-refractivity contribution in [3.63, 3.8) is 0 Å². The van der Waals surface area contributed by atoms with Crippen LogP contribution >= 0.6 is 34.4 Å². The van der Waals surface area contributed by atoms with E-state index in [1.165, 1.54) is 27.7 Å². The Labute approximate surface area is 136 Å². The Morgan fingerprint density at radius 3 is 2.47 bits per heavy atom. The molecule has 0 aliphatic heterocycles. The first kappa shape index (κ1) is 17.3. The van der Waals surface area contributed by atoms with E-state index in [-0.39, 0.29) is 0 Å². The first-order valence-electron chi connectivity index (χ1n) is 7.25. The second-order valence-electron chi connectivity index (χ2n) is 5.03. The van der Waals surface area contributed by atoms with E-state index in [0.717, 1.165) is 18.2 Å². The summed E-state index contributed by atoms with van der Waals surface area (Å²) >= 11 is 4.46. The largest absolute Gasteiger partial charge is 0.313 e. The fourth-order valence-electron chi connectivity index (χ4n) is 1.84. The molecule has 0 fully saturated rings. The highest BCUT2D eigenvalue weighted by molar-refractivity contribution is 14.1. The fourth-order valence-corrected chi connectivity index (χ4v) is 3.23. The number of halogens is 1. The standard InChI is InChI=1S/C16H26INS/c1-4-10-18-16(12-19-13(3)5-2)11-14-6-8-15(17)9-7-14/h6-9,13,16,18H,4-5,10-12H2,1-3H3. The predicted octanol–water partition coefficient (Wildman–Crippen LogP) is 4.73. The van der Waals surface area contributed by atoms with Crippen LogP contribution in [0.2, 0.25) is 0 Å². The molecule has 0 amide bonds. The van der Waals surface area contributed by atoms with E-state index >= 15 is 0 Å². The average molecular weight is 391 g/mol. The van der Waals surface area contributed by atoms with Crippen molar-refractivity contribution in [2.45, 2.75) is 51.3 Å². The maximum Gasteiger partial charge on any atom is 0.0198 e. The summed E-state index contributed by atoms with van der Waals surface area (Å²) in [4.78, 5) is 0. The zero-order valence-electron chi connectivity index (χ0n) is 12.3. The van der Waals surface area contributed by atoms with Crippen molar-refractivity contribution in [2.75, 3.05) is 12.3 Å². The Hall–Kier alpha value is 0.260. The molecule has 2 atom stereocenters. The topological polar surface area (TPSA) is 12.0 Å². The molecule has 1 nitrogen and oxygen atoms in total. The molecule has 1 rings (SSSR count).